The quantitative estimate of drug-likeness (QED) is 0.434. The van der Waals surface area contributed by atoms with Crippen molar-refractivity contribution in [2.75, 3.05) is 0 Å². The van der Waals surface area contributed by atoms with Crippen LogP contribution in [0.4, 0.5) is 4.79 Å². The van der Waals surface area contributed by atoms with Gasteiger partial charge in [0.05, 0.1) is 0 Å². The van der Waals surface area contributed by atoms with Gasteiger partial charge in [0.15, 0.2) is 0 Å². The van der Waals surface area contributed by atoms with E-state index in [9.17, 15) is 0 Å². The summed E-state index contributed by atoms with van der Waals surface area (Å²) in [7, 11) is 0. The first-order valence-corrected chi connectivity index (χ1v) is 0.651. The Hall–Kier alpha value is 0.450. The van der Waals surface area contributed by atoms with Gasteiger partial charge in [-0.05, 0) is 0 Å². The van der Waals surface area contributed by atoms with Gasteiger partial charge >= 0.3 is 43.9 Å². The molecule has 0 atom stereocenters. The summed E-state index contributed by atoms with van der Waals surface area (Å²) in [6.07, 6.45) is -1.83. The minimum absolute atomic E-state index is 0. The van der Waals surface area contributed by atoms with E-state index in [1.807, 2.05) is 0 Å². The minimum Gasteiger partial charge on any atom is -0.870 e. The second-order valence-electron chi connectivity index (χ2n) is 0.283. The van der Waals surface area contributed by atoms with Gasteiger partial charge in [0.25, 0.3) is 0 Å². The molecule has 5 nitrogen and oxygen atoms in total. The summed E-state index contributed by atoms with van der Waals surface area (Å²) in [6, 6.07) is 0. The van der Waals surface area contributed by atoms with E-state index in [0.717, 1.165) is 0 Å². The summed E-state index contributed by atoms with van der Waals surface area (Å²) >= 11 is 0. The number of rotatable bonds is 0. The molecule has 4 N–H and O–H groups in total. The van der Waals surface area contributed by atoms with Crippen molar-refractivity contribution in [2.24, 2.45) is 0 Å². The van der Waals surface area contributed by atoms with E-state index >= 15 is 0 Å². The summed E-state index contributed by atoms with van der Waals surface area (Å²) in [5.41, 5.74) is 0. The zero-order chi connectivity index (χ0) is 3.58. The maximum atomic E-state index is 8.56. The largest absolute Gasteiger partial charge is 2.00 e. The first kappa shape index (κ1) is 26.0. The molecule has 0 fully saturated rings. The van der Waals surface area contributed by atoms with E-state index in [2.05, 4.69) is 0 Å². The van der Waals surface area contributed by atoms with Crippen LogP contribution in [-0.4, -0.2) is 65.1 Å². The molecule has 6 heteroatoms. The monoisotopic (exact) mass is 136 g/mol. The second kappa shape index (κ2) is 16.1. The molecule has 0 aliphatic heterocycles. The summed E-state index contributed by atoms with van der Waals surface area (Å²) < 4.78 is 0. The van der Waals surface area contributed by atoms with E-state index in [1.165, 1.54) is 0 Å². The normalized spacial score (nSPS) is 3.43. The van der Waals surface area contributed by atoms with E-state index in [0.29, 0.717) is 0 Å². The maximum absolute atomic E-state index is 8.56. The summed E-state index contributed by atoms with van der Waals surface area (Å²) in [4.78, 5) is 8.56. The van der Waals surface area contributed by atoms with Gasteiger partial charge in [-0.2, -0.15) is 0 Å². The standard InChI is InChI=1S/CH2O3.Ca.2H2O/c2-1(3)4;;;/h(H2,2,3,4);;2*1H2/q;+2;;/p-2. The van der Waals surface area contributed by atoms with Gasteiger partial charge in [-0.1, -0.05) is 0 Å². The van der Waals surface area contributed by atoms with Crippen molar-refractivity contribution in [1.29, 1.82) is 0 Å². The summed E-state index contributed by atoms with van der Waals surface area (Å²) in [5.74, 6) is 0. The van der Waals surface area contributed by atoms with Gasteiger partial charge < -0.3 is 21.2 Å². The smallest absolute Gasteiger partial charge is 0.870 e. The molecule has 0 heterocycles. The third-order valence-corrected chi connectivity index (χ3v) is 0. The molecular weight excluding hydrogens is 132 g/mol. The van der Waals surface area contributed by atoms with E-state index in [1.54, 1.807) is 0 Å². The number of carbonyl (C=O) groups is 1. The third-order valence-electron chi connectivity index (χ3n) is 0. The maximum Gasteiger partial charge on any atom is 2.00 e. The molecule has 0 unspecified atom stereocenters. The first-order chi connectivity index (χ1) is 1.73. The number of carboxylic acid groups (broad SMARTS) is 2. The molecule has 0 bridgehead atoms. The molecule has 0 aliphatic rings. The zero-order valence-corrected chi connectivity index (χ0v) is 5.61. The van der Waals surface area contributed by atoms with Crippen molar-refractivity contribution in [3.8, 4) is 0 Å². The van der Waals surface area contributed by atoms with Crippen molar-refractivity contribution in [2.45, 2.75) is 0 Å². The van der Waals surface area contributed by atoms with Crippen LogP contribution >= 0.6 is 0 Å². The molecule has 0 aromatic rings. The van der Waals surface area contributed by atoms with E-state index in [4.69, 9.17) is 15.0 Å². The summed E-state index contributed by atoms with van der Waals surface area (Å²) in [5, 5.41) is 13.9. The van der Waals surface area contributed by atoms with Crippen LogP contribution in [0.25, 0.3) is 0 Å². The van der Waals surface area contributed by atoms with Gasteiger partial charge in [-0.15, -0.1) is 0 Å². The molecule has 0 aliphatic carbocycles. The molecule has 0 spiro atoms. The van der Waals surface area contributed by atoms with E-state index < -0.39 is 6.16 Å². The van der Waals surface area contributed by atoms with Crippen molar-refractivity contribution >= 4 is 43.9 Å². The molecule has 0 amide bonds. The van der Waals surface area contributed by atoms with Crippen LogP contribution in [-0.2, 0) is 0 Å². The molecule has 7 heavy (non-hydrogen) atoms. The SMILES string of the molecule is O=C(O)O.[Ca+2].[OH-].[OH-]. The fourth-order valence-corrected chi connectivity index (χ4v) is 0. The Labute approximate surface area is 69.6 Å². The molecule has 40 valence electrons. The average molecular weight is 136 g/mol. The Morgan fingerprint density at radius 2 is 1.14 bits per heavy atom. The molecule has 0 radical (unpaired) electrons. The third kappa shape index (κ3) is 631. The molecule has 0 aromatic heterocycles. The molecule has 0 saturated carbocycles. The Kier molecular flexibility index (Phi) is 59.9. The Balaban J connectivity index is -0.0000000150. The molecular formula is CH4CaO5. The second-order valence-corrected chi connectivity index (χ2v) is 0.283. The van der Waals surface area contributed by atoms with Crippen molar-refractivity contribution in [3.05, 3.63) is 0 Å². The van der Waals surface area contributed by atoms with Gasteiger partial charge in [-0.25, -0.2) is 4.79 Å². The van der Waals surface area contributed by atoms with Crippen molar-refractivity contribution in [3.63, 3.8) is 0 Å². The average Bonchev–Trinajstić information content (AvgIpc) is 0.811. The fraction of sp³-hybridized carbons (Fsp3) is 0. The van der Waals surface area contributed by atoms with Crippen LogP contribution in [0.1, 0.15) is 0 Å². The molecule has 0 saturated heterocycles. The van der Waals surface area contributed by atoms with Crippen LogP contribution in [0.3, 0.4) is 0 Å². The Morgan fingerprint density at radius 1 is 1.14 bits per heavy atom. The predicted octanol–water partition coefficient (Wildman–Crippen LogP) is -0.512. The zero-order valence-electron chi connectivity index (χ0n) is 3.40. The van der Waals surface area contributed by atoms with Crippen LogP contribution in [0.2, 0.25) is 0 Å². The van der Waals surface area contributed by atoms with E-state index in [-0.39, 0.29) is 48.7 Å². The number of hydrogen-bond donors (Lipinski definition) is 2. The van der Waals surface area contributed by atoms with Crippen molar-refractivity contribution < 1.29 is 26.0 Å². The first-order valence-electron chi connectivity index (χ1n) is 0.651. The van der Waals surface area contributed by atoms with Gasteiger partial charge in [0.1, 0.15) is 0 Å². The Morgan fingerprint density at radius 3 is 1.14 bits per heavy atom. The van der Waals surface area contributed by atoms with Crippen LogP contribution in [0, 0.1) is 0 Å². The topological polar surface area (TPSA) is 118 Å². The van der Waals surface area contributed by atoms with Crippen LogP contribution < -0.4 is 0 Å². The minimum atomic E-state index is -1.83. The molecule has 0 rings (SSSR count). The fourth-order valence-electron chi connectivity index (χ4n) is 0. The van der Waals surface area contributed by atoms with Crippen LogP contribution in [0.15, 0.2) is 0 Å². The van der Waals surface area contributed by atoms with Crippen LogP contribution in [0.5, 0.6) is 0 Å². The van der Waals surface area contributed by atoms with Gasteiger partial charge in [0, 0.05) is 0 Å². The number of hydrogen-bond acceptors (Lipinski definition) is 3. The van der Waals surface area contributed by atoms with Gasteiger partial charge in [0.2, 0.25) is 0 Å². The molecule has 0 aromatic carbocycles. The summed E-state index contributed by atoms with van der Waals surface area (Å²) in [6.45, 7) is 0. The predicted molar refractivity (Wildman–Crippen MR) is 20.3 cm³/mol. The van der Waals surface area contributed by atoms with Gasteiger partial charge in [-0.3, -0.25) is 0 Å². The Bertz CT molecular complexity index is 31.1. The van der Waals surface area contributed by atoms with Crippen molar-refractivity contribution in [1.82, 2.24) is 0 Å².